The van der Waals surface area contributed by atoms with Crippen LogP contribution in [0.1, 0.15) is 43.9 Å². The second kappa shape index (κ2) is 8.57. The van der Waals surface area contributed by atoms with Crippen molar-refractivity contribution in [3.05, 3.63) is 70.4 Å². The van der Waals surface area contributed by atoms with Crippen molar-refractivity contribution in [2.24, 2.45) is 0 Å². The lowest BCUT2D eigenvalue weighted by Crippen LogP contribution is -2.42. The summed E-state index contributed by atoms with van der Waals surface area (Å²) in [4.78, 5) is 19.0. The molecule has 33 heavy (non-hydrogen) atoms. The molecule has 1 aliphatic heterocycles. The Morgan fingerprint density at radius 2 is 2.06 bits per heavy atom. The van der Waals surface area contributed by atoms with Crippen molar-refractivity contribution in [3.63, 3.8) is 0 Å². The molecule has 170 valence electrons. The number of benzene rings is 2. The Morgan fingerprint density at radius 1 is 1.27 bits per heavy atom. The third kappa shape index (κ3) is 4.74. The van der Waals surface area contributed by atoms with E-state index in [1.54, 1.807) is 11.1 Å². The van der Waals surface area contributed by atoms with Crippen molar-refractivity contribution in [1.29, 1.82) is 5.26 Å². The first kappa shape index (κ1) is 22.9. The van der Waals surface area contributed by atoms with Gasteiger partial charge in [-0.15, -0.1) is 0 Å². The number of anilines is 1. The number of ether oxygens (including phenoxy) is 1. The molecule has 7 heteroatoms. The number of carbonyl (C=O) groups excluding carboxylic acids is 1. The topological polar surface area (TPSA) is 78.3 Å². The van der Waals surface area contributed by atoms with Crippen molar-refractivity contribution in [2.45, 2.75) is 45.3 Å². The molecule has 0 radical (unpaired) electrons. The lowest BCUT2D eigenvalue weighted by Gasteiger charge is -2.34. The highest BCUT2D eigenvalue weighted by atomic mass is 35.5. The molecule has 0 spiro atoms. The first-order valence-corrected chi connectivity index (χ1v) is 11.3. The summed E-state index contributed by atoms with van der Waals surface area (Å²) in [5.41, 5.74) is 3.05. The third-order valence-corrected chi connectivity index (χ3v) is 6.13. The first-order valence-electron chi connectivity index (χ1n) is 10.9. The van der Waals surface area contributed by atoms with Crippen LogP contribution in [-0.4, -0.2) is 34.7 Å². The molecule has 2 heterocycles. The largest absolute Gasteiger partial charge is 0.444 e. The van der Waals surface area contributed by atoms with E-state index in [1.807, 2.05) is 70.2 Å². The zero-order chi connectivity index (χ0) is 23.8. The molecule has 1 fully saturated rings. The van der Waals surface area contributed by atoms with E-state index in [9.17, 15) is 4.79 Å². The van der Waals surface area contributed by atoms with E-state index < -0.39 is 11.1 Å². The summed E-state index contributed by atoms with van der Waals surface area (Å²) in [5, 5.41) is 14.4. The van der Waals surface area contributed by atoms with Crippen molar-refractivity contribution in [1.82, 2.24) is 9.88 Å². The summed E-state index contributed by atoms with van der Waals surface area (Å²) in [5.74, 6) is 0. The van der Waals surface area contributed by atoms with E-state index >= 15 is 0 Å². The quantitative estimate of drug-likeness (QED) is 0.515. The van der Waals surface area contributed by atoms with Crippen LogP contribution in [0.5, 0.6) is 0 Å². The van der Waals surface area contributed by atoms with Crippen LogP contribution in [0.4, 0.5) is 10.5 Å². The highest BCUT2D eigenvalue weighted by molar-refractivity contribution is 6.31. The number of rotatable bonds is 3. The standard InChI is InChI=1S/C26H27ClN4O2/c1-17-6-5-7-21(27)23(17)26(10-11-31(16-26)24(32)33-25(2,3)4)30-20-9-8-19-12-18(14-28)15-29-22(19)13-20/h5-9,12-13,15,30H,10-11,16H2,1-4H3/t26-/m1/s1. The van der Waals surface area contributed by atoms with E-state index in [1.165, 1.54) is 0 Å². The molecule has 1 N–H and O–H groups in total. The molecule has 6 nitrogen and oxygen atoms in total. The normalized spacial score (nSPS) is 18.2. The van der Waals surface area contributed by atoms with Crippen LogP contribution in [0.3, 0.4) is 0 Å². The van der Waals surface area contributed by atoms with Gasteiger partial charge in [0.1, 0.15) is 11.7 Å². The van der Waals surface area contributed by atoms with Gasteiger partial charge < -0.3 is 15.0 Å². The molecule has 2 aromatic carbocycles. The molecule has 1 amide bonds. The highest BCUT2D eigenvalue weighted by Crippen LogP contribution is 2.41. The predicted octanol–water partition coefficient (Wildman–Crippen LogP) is 6.02. The van der Waals surface area contributed by atoms with Gasteiger partial charge in [-0.2, -0.15) is 5.26 Å². The Bertz CT molecular complexity index is 1240. The molecule has 4 rings (SSSR count). The van der Waals surface area contributed by atoms with Gasteiger partial charge >= 0.3 is 6.09 Å². The number of aromatic nitrogens is 1. The second-order valence-electron chi connectivity index (χ2n) is 9.53. The van der Waals surface area contributed by atoms with Crippen molar-refractivity contribution in [2.75, 3.05) is 18.4 Å². The minimum Gasteiger partial charge on any atom is -0.444 e. The Morgan fingerprint density at radius 3 is 2.76 bits per heavy atom. The zero-order valence-corrected chi connectivity index (χ0v) is 20.0. The number of halogens is 1. The average Bonchev–Trinajstić information content (AvgIpc) is 3.17. The third-order valence-electron chi connectivity index (χ3n) is 5.82. The molecule has 1 saturated heterocycles. The molecular weight excluding hydrogens is 436 g/mol. The maximum absolute atomic E-state index is 12.8. The van der Waals surface area contributed by atoms with Crippen LogP contribution in [0.25, 0.3) is 10.9 Å². The van der Waals surface area contributed by atoms with Gasteiger partial charge in [0.25, 0.3) is 0 Å². The van der Waals surface area contributed by atoms with Crippen LogP contribution in [0, 0.1) is 18.3 Å². The number of amides is 1. The number of likely N-dealkylation sites (tertiary alicyclic amines) is 1. The number of fused-ring (bicyclic) bond motifs is 1. The number of nitriles is 1. The zero-order valence-electron chi connectivity index (χ0n) is 19.3. The molecular formula is C26H27ClN4O2. The van der Waals surface area contributed by atoms with Crippen molar-refractivity contribution in [3.8, 4) is 6.07 Å². The van der Waals surface area contributed by atoms with Gasteiger partial charge in [0.15, 0.2) is 0 Å². The van der Waals surface area contributed by atoms with E-state index in [0.29, 0.717) is 30.1 Å². The minimum atomic E-state index is -0.584. The number of pyridine rings is 1. The monoisotopic (exact) mass is 462 g/mol. The first-order chi connectivity index (χ1) is 15.6. The van der Waals surface area contributed by atoms with Crippen LogP contribution in [0.15, 0.2) is 48.7 Å². The van der Waals surface area contributed by atoms with Crippen molar-refractivity contribution >= 4 is 34.3 Å². The van der Waals surface area contributed by atoms with E-state index in [2.05, 4.69) is 16.4 Å². The van der Waals surface area contributed by atoms with Crippen LogP contribution in [0.2, 0.25) is 5.02 Å². The van der Waals surface area contributed by atoms with Gasteiger partial charge in [-0.05, 0) is 63.9 Å². The highest BCUT2D eigenvalue weighted by Gasteiger charge is 2.44. The van der Waals surface area contributed by atoms with E-state index in [4.69, 9.17) is 21.6 Å². The van der Waals surface area contributed by atoms with Crippen molar-refractivity contribution < 1.29 is 9.53 Å². The molecule has 0 bridgehead atoms. The van der Waals surface area contributed by atoms with Gasteiger partial charge in [0.2, 0.25) is 0 Å². The summed E-state index contributed by atoms with van der Waals surface area (Å²) in [7, 11) is 0. The summed E-state index contributed by atoms with van der Waals surface area (Å²) >= 11 is 6.71. The van der Waals surface area contributed by atoms with Gasteiger partial charge in [-0.3, -0.25) is 4.98 Å². The van der Waals surface area contributed by atoms with Gasteiger partial charge in [-0.1, -0.05) is 29.8 Å². The summed E-state index contributed by atoms with van der Waals surface area (Å²) in [6.07, 6.45) is 1.91. The minimum absolute atomic E-state index is 0.333. The van der Waals surface area contributed by atoms with Gasteiger partial charge in [0.05, 0.1) is 23.2 Å². The molecule has 0 saturated carbocycles. The predicted molar refractivity (Wildman–Crippen MR) is 130 cm³/mol. The second-order valence-corrected chi connectivity index (χ2v) is 9.94. The molecule has 1 aliphatic rings. The van der Waals surface area contributed by atoms with Gasteiger partial charge in [-0.25, -0.2) is 4.79 Å². The fourth-order valence-electron chi connectivity index (χ4n) is 4.44. The average molecular weight is 463 g/mol. The maximum Gasteiger partial charge on any atom is 0.410 e. The van der Waals surface area contributed by atoms with Crippen LogP contribution < -0.4 is 5.32 Å². The number of aryl methyl sites for hydroxylation is 1. The van der Waals surface area contributed by atoms with E-state index in [0.717, 1.165) is 27.7 Å². The van der Waals surface area contributed by atoms with Crippen LogP contribution in [-0.2, 0) is 10.3 Å². The van der Waals surface area contributed by atoms with Crippen LogP contribution >= 0.6 is 11.6 Å². The lowest BCUT2D eigenvalue weighted by atomic mass is 9.85. The summed E-state index contributed by atoms with van der Waals surface area (Å²) in [6.45, 7) is 8.60. The number of carbonyl (C=O) groups is 1. The fraction of sp³-hybridized carbons (Fsp3) is 0.346. The SMILES string of the molecule is Cc1cccc(Cl)c1[C@@]1(Nc2ccc3cc(C#N)cnc3c2)CCN(C(=O)OC(C)(C)C)C1. The number of hydrogen-bond acceptors (Lipinski definition) is 5. The molecule has 3 aromatic rings. The number of nitrogens with one attached hydrogen (secondary N) is 1. The molecule has 1 atom stereocenters. The Labute approximate surface area is 199 Å². The molecule has 0 unspecified atom stereocenters. The number of nitrogens with zero attached hydrogens (tertiary/aromatic N) is 3. The smallest absolute Gasteiger partial charge is 0.410 e. The Hall–Kier alpha value is -3.30. The Balaban J connectivity index is 1.73. The van der Waals surface area contributed by atoms with Gasteiger partial charge in [0, 0.05) is 34.4 Å². The molecule has 0 aliphatic carbocycles. The lowest BCUT2D eigenvalue weighted by molar-refractivity contribution is 0.0286. The maximum atomic E-state index is 12.8. The fourth-order valence-corrected chi connectivity index (χ4v) is 4.84. The molecule has 1 aromatic heterocycles. The number of hydrogen-bond donors (Lipinski definition) is 1. The Kier molecular flexibility index (Phi) is 5.94. The summed E-state index contributed by atoms with van der Waals surface area (Å²) in [6, 6.07) is 15.7. The summed E-state index contributed by atoms with van der Waals surface area (Å²) < 4.78 is 5.63. The van der Waals surface area contributed by atoms with E-state index in [-0.39, 0.29) is 6.09 Å².